The van der Waals surface area contributed by atoms with E-state index in [0.29, 0.717) is 0 Å². The van der Waals surface area contributed by atoms with Crippen molar-refractivity contribution in [3.8, 4) is 0 Å². The summed E-state index contributed by atoms with van der Waals surface area (Å²) < 4.78 is 0. The van der Waals surface area contributed by atoms with Gasteiger partial charge in [0.15, 0.2) is 0 Å². The molecule has 0 rings (SSSR count). The summed E-state index contributed by atoms with van der Waals surface area (Å²) in [6.07, 6.45) is 5.32. The number of rotatable bonds is 2. The van der Waals surface area contributed by atoms with E-state index < -0.39 is 6.09 Å². The highest BCUT2D eigenvalue weighted by molar-refractivity contribution is 9.00. The Labute approximate surface area is 53.6 Å². The van der Waals surface area contributed by atoms with Crippen LogP contribution < -0.4 is 0 Å². The molecule has 0 aromatic carbocycles. The quantitative estimate of drug-likeness (QED) is 0.443. The van der Waals surface area contributed by atoms with Gasteiger partial charge in [0.25, 0.3) is 0 Å². The molecule has 0 aromatic rings. The van der Waals surface area contributed by atoms with E-state index in [9.17, 15) is 0 Å². The van der Waals surface area contributed by atoms with Gasteiger partial charge in [-0.25, -0.2) is 0 Å². The minimum Gasteiger partial charge on any atom is -0.0931 e. The highest BCUT2D eigenvalue weighted by Gasteiger charge is 1.94. The Balaban J connectivity index is 3.36. The van der Waals surface area contributed by atoms with Crippen LogP contribution in [-0.2, 0) is 0 Å². The average molecular weight is 154 g/mol. The molecular formula is C4H11PS2. The fourth-order valence-corrected chi connectivity index (χ4v) is 5.45. The second-order valence-corrected chi connectivity index (χ2v) is 11.2. The largest absolute Gasteiger partial charge is 0.0931 e. The van der Waals surface area contributed by atoms with Crippen molar-refractivity contribution in [2.75, 3.05) is 19.6 Å². The molecule has 0 saturated carbocycles. The maximum Gasteiger partial charge on any atom is -0.00759 e. The van der Waals surface area contributed by atoms with E-state index in [1.807, 2.05) is 21.2 Å². The Morgan fingerprint density at radius 1 is 1.43 bits per heavy atom. The maximum atomic E-state index is 4.01. The van der Waals surface area contributed by atoms with Gasteiger partial charge in [-0.15, -0.1) is 0 Å². The van der Waals surface area contributed by atoms with E-state index >= 15 is 0 Å². The molecule has 0 heterocycles. The highest BCUT2D eigenvalue weighted by atomic mass is 33.3. The Hall–Kier alpha value is 1.000. The molecule has 3 heteroatoms. The van der Waals surface area contributed by atoms with Crippen LogP contribution in [0.5, 0.6) is 0 Å². The van der Waals surface area contributed by atoms with Gasteiger partial charge in [0, 0.05) is 0 Å². The molecule has 0 aliphatic carbocycles. The lowest BCUT2D eigenvalue weighted by atomic mass is 11.9. The zero-order valence-electron chi connectivity index (χ0n) is 4.97. The topological polar surface area (TPSA) is 0 Å². The molecule has 0 radical (unpaired) electrons. The van der Waals surface area contributed by atoms with Crippen LogP contribution in [0.4, 0.5) is 0 Å². The molecule has 0 spiro atoms. The first kappa shape index (κ1) is 8.00. The summed E-state index contributed by atoms with van der Waals surface area (Å²) in [5.41, 5.74) is 0. The van der Waals surface area contributed by atoms with Crippen molar-refractivity contribution in [1.82, 2.24) is 0 Å². The highest BCUT2D eigenvalue weighted by Crippen LogP contribution is 2.56. The molecular weight excluding hydrogens is 143 g/mol. The molecule has 0 aliphatic rings. The summed E-state index contributed by atoms with van der Waals surface area (Å²) in [6.45, 7) is 4.43. The second-order valence-electron chi connectivity index (χ2n) is 1.82. The van der Waals surface area contributed by atoms with E-state index in [1.165, 1.54) is 0 Å². The van der Waals surface area contributed by atoms with Crippen LogP contribution >= 0.6 is 27.3 Å². The van der Waals surface area contributed by atoms with Gasteiger partial charge in [-0.3, -0.25) is 0 Å². The van der Waals surface area contributed by atoms with Crippen molar-refractivity contribution in [1.29, 1.82) is 0 Å². The minimum atomic E-state index is -0.786. The molecule has 0 N–H and O–H groups in total. The van der Waals surface area contributed by atoms with Crippen molar-refractivity contribution < 1.29 is 0 Å². The van der Waals surface area contributed by atoms with E-state index in [0.717, 1.165) is 0 Å². The van der Waals surface area contributed by atoms with Crippen molar-refractivity contribution in [3.05, 3.63) is 0 Å². The molecule has 0 saturated heterocycles. The Morgan fingerprint density at radius 3 is 1.86 bits per heavy atom. The minimum absolute atomic E-state index is 0.786. The molecule has 0 aromatic heterocycles. The third-order valence-electron chi connectivity index (χ3n) is 0.276. The van der Waals surface area contributed by atoms with Gasteiger partial charge in [0.1, 0.15) is 0 Å². The van der Waals surface area contributed by atoms with Crippen LogP contribution in [0.1, 0.15) is 0 Å². The van der Waals surface area contributed by atoms with Crippen molar-refractivity contribution in [2.24, 2.45) is 0 Å². The molecule has 0 bridgehead atoms. The van der Waals surface area contributed by atoms with Gasteiger partial charge in [0.2, 0.25) is 0 Å². The molecule has 44 valence electrons. The maximum absolute atomic E-state index is 4.01. The third kappa shape index (κ3) is 7.00. The van der Waals surface area contributed by atoms with Gasteiger partial charge < -0.3 is 0 Å². The zero-order chi connectivity index (χ0) is 5.91. The summed E-state index contributed by atoms with van der Waals surface area (Å²) in [5, 5.41) is 0. The Bertz CT molecular complexity index is 83.7. The smallest absolute Gasteiger partial charge is 0.00759 e. The van der Waals surface area contributed by atoms with Crippen LogP contribution in [0.2, 0.25) is 0 Å². The second kappa shape index (κ2) is 3.11. The summed E-state index contributed by atoms with van der Waals surface area (Å²) in [7, 11) is 3.72. The Morgan fingerprint density at radius 2 is 1.86 bits per heavy atom. The van der Waals surface area contributed by atoms with Crippen molar-refractivity contribution in [2.45, 2.75) is 0 Å². The van der Waals surface area contributed by atoms with Crippen LogP contribution in [0.25, 0.3) is 0 Å². The lowest BCUT2D eigenvalue weighted by Gasteiger charge is -2.06. The first-order chi connectivity index (χ1) is 3.06. The normalized spacial score (nSPS) is 11.9. The fourth-order valence-electron chi connectivity index (χ4n) is 0.202. The van der Waals surface area contributed by atoms with Gasteiger partial charge in [-0.1, -0.05) is 33.6 Å². The van der Waals surface area contributed by atoms with Crippen LogP contribution in [0, 0.1) is 0 Å². The summed E-state index contributed by atoms with van der Waals surface area (Å²) in [5.74, 6) is 0. The molecule has 0 nitrogen and oxygen atoms in total. The number of hydrogen-bond donors (Lipinski definition) is 0. The van der Waals surface area contributed by atoms with Crippen LogP contribution in [0.15, 0.2) is 0 Å². The van der Waals surface area contributed by atoms with E-state index in [4.69, 9.17) is 0 Å². The predicted molar refractivity (Wildman–Crippen MR) is 47.0 cm³/mol. The van der Waals surface area contributed by atoms with Crippen LogP contribution in [0.3, 0.4) is 0 Å². The average Bonchev–Trinajstić information content (AvgIpc) is 1.30. The molecule has 0 atom stereocenters. The lowest BCUT2D eigenvalue weighted by Crippen LogP contribution is -1.59. The van der Waals surface area contributed by atoms with Crippen molar-refractivity contribution in [3.63, 3.8) is 0 Å². The van der Waals surface area contributed by atoms with Crippen molar-refractivity contribution >= 4 is 33.6 Å². The zero-order valence-corrected chi connectivity index (χ0v) is 7.50. The molecule has 0 unspecified atom stereocenters. The van der Waals surface area contributed by atoms with E-state index in [1.54, 1.807) is 0 Å². The first-order valence-electron chi connectivity index (χ1n) is 1.97. The fraction of sp³-hybridized carbons (Fsp3) is 0.750. The molecule has 7 heavy (non-hydrogen) atoms. The Kier molecular flexibility index (Phi) is 3.56. The van der Waals surface area contributed by atoms with Crippen LogP contribution in [-0.4, -0.2) is 25.9 Å². The van der Waals surface area contributed by atoms with Gasteiger partial charge in [-0.05, 0) is 19.6 Å². The molecule has 0 amide bonds. The SMILES string of the molecule is C=P(C)(C)SSC. The molecule has 0 aliphatic heterocycles. The van der Waals surface area contributed by atoms with E-state index in [2.05, 4.69) is 25.9 Å². The lowest BCUT2D eigenvalue weighted by molar-refractivity contribution is 2.28. The van der Waals surface area contributed by atoms with Gasteiger partial charge >= 0.3 is 0 Å². The summed E-state index contributed by atoms with van der Waals surface area (Å²) in [6, 6.07) is 0. The monoisotopic (exact) mass is 154 g/mol. The summed E-state index contributed by atoms with van der Waals surface area (Å²) >= 11 is 0. The van der Waals surface area contributed by atoms with Gasteiger partial charge in [-0.2, -0.15) is 0 Å². The summed E-state index contributed by atoms with van der Waals surface area (Å²) in [4.78, 5) is 0. The standard InChI is InChI=1S/C4H11PS2/c1-5(2,3)7-6-4/h1H2,2-4H3. The third-order valence-corrected chi connectivity index (χ3v) is 7.46. The van der Waals surface area contributed by atoms with E-state index in [-0.39, 0.29) is 0 Å². The number of hydrogen-bond acceptors (Lipinski definition) is 2. The van der Waals surface area contributed by atoms with Gasteiger partial charge in [0.05, 0.1) is 0 Å². The molecule has 0 fully saturated rings. The first-order valence-corrected chi connectivity index (χ1v) is 8.00. The predicted octanol–water partition coefficient (Wildman–Crippen LogP) is 2.62.